The van der Waals surface area contributed by atoms with Gasteiger partial charge in [-0.05, 0) is 36.3 Å². The van der Waals surface area contributed by atoms with Crippen LogP contribution in [0.2, 0.25) is 0 Å². The zero-order valence-corrected chi connectivity index (χ0v) is 11.7. The average molecular weight is 260 g/mol. The van der Waals surface area contributed by atoms with E-state index in [-0.39, 0.29) is 5.91 Å². The topological polar surface area (TPSA) is 55.1 Å². The van der Waals surface area contributed by atoms with Crippen molar-refractivity contribution in [3.05, 3.63) is 29.8 Å². The molecule has 2 rings (SSSR count). The maximum atomic E-state index is 11.8. The molecule has 3 nitrogen and oxygen atoms in total. The lowest BCUT2D eigenvalue weighted by Crippen LogP contribution is -2.30. The van der Waals surface area contributed by atoms with Crippen LogP contribution in [-0.4, -0.2) is 12.5 Å². The predicted octanol–water partition coefficient (Wildman–Crippen LogP) is 2.75. The van der Waals surface area contributed by atoms with Crippen molar-refractivity contribution in [2.75, 3.05) is 12.3 Å². The minimum atomic E-state index is 0.141. The van der Waals surface area contributed by atoms with E-state index in [4.69, 9.17) is 5.73 Å². The summed E-state index contributed by atoms with van der Waals surface area (Å²) in [5, 5.41) is 3.06. The van der Waals surface area contributed by atoms with E-state index in [1.165, 1.54) is 19.3 Å². The van der Waals surface area contributed by atoms with Gasteiger partial charge in [0.25, 0.3) is 0 Å². The van der Waals surface area contributed by atoms with Gasteiger partial charge in [0.15, 0.2) is 0 Å². The minimum Gasteiger partial charge on any atom is -0.399 e. The second-order valence-corrected chi connectivity index (χ2v) is 5.67. The van der Waals surface area contributed by atoms with Gasteiger partial charge in [-0.2, -0.15) is 0 Å². The summed E-state index contributed by atoms with van der Waals surface area (Å²) in [5.41, 5.74) is 7.71. The highest BCUT2D eigenvalue weighted by atomic mass is 16.1. The summed E-state index contributed by atoms with van der Waals surface area (Å²) in [4.78, 5) is 11.8. The van der Waals surface area contributed by atoms with Crippen molar-refractivity contribution in [1.29, 1.82) is 0 Å². The molecule has 1 saturated carbocycles. The Morgan fingerprint density at radius 1 is 1.37 bits per heavy atom. The third-order valence-corrected chi connectivity index (χ3v) is 4.28. The maximum absolute atomic E-state index is 11.8. The van der Waals surface area contributed by atoms with Crippen LogP contribution in [-0.2, 0) is 11.2 Å². The lowest BCUT2D eigenvalue weighted by Gasteiger charge is -2.16. The molecular formula is C16H24N2O. The summed E-state index contributed by atoms with van der Waals surface area (Å²) >= 11 is 0. The highest BCUT2D eigenvalue weighted by molar-refractivity contribution is 5.76. The second kappa shape index (κ2) is 6.60. The van der Waals surface area contributed by atoms with E-state index >= 15 is 0 Å². The van der Waals surface area contributed by atoms with Gasteiger partial charge in [0.05, 0.1) is 0 Å². The minimum absolute atomic E-state index is 0.141. The highest BCUT2D eigenvalue weighted by Gasteiger charge is 2.23. The number of anilines is 1. The fourth-order valence-corrected chi connectivity index (χ4v) is 2.87. The van der Waals surface area contributed by atoms with E-state index in [1.807, 2.05) is 24.3 Å². The van der Waals surface area contributed by atoms with Crippen LogP contribution in [0.3, 0.4) is 0 Å². The first-order valence-electron chi connectivity index (χ1n) is 7.27. The van der Waals surface area contributed by atoms with Gasteiger partial charge < -0.3 is 11.1 Å². The number of nitrogens with one attached hydrogen (secondary N) is 1. The number of rotatable bonds is 5. The summed E-state index contributed by atoms with van der Waals surface area (Å²) in [6.07, 6.45) is 5.12. The van der Waals surface area contributed by atoms with E-state index in [2.05, 4.69) is 12.2 Å². The van der Waals surface area contributed by atoms with Crippen molar-refractivity contribution >= 4 is 11.6 Å². The van der Waals surface area contributed by atoms with Crippen LogP contribution in [0.5, 0.6) is 0 Å². The molecule has 0 saturated heterocycles. The maximum Gasteiger partial charge on any atom is 0.220 e. The molecule has 2 unspecified atom stereocenters. The molecule has 3 N–H and O–H groups in total. The van der Waals surface area contributed by atoms with Crippen LogP contribution in [0, 0.1) is 11.8 Å². The van der Waals surface area contributed by atoms with Gasteiger partial charge >= 0.3 is 0 Å². The lowest BCUT2D eigenvalue weighted by atomic mass is 9.98. The van der Waals surface area contributed by atoms with Gasteiger partial charge in [0.1, 0.15) is 0 Å². The molecule has 0 bridgehead atoms. The molecule has 104 valence electrons. The standard InChI is InChI=1S/C16H24N2O/c1-12-5-4-7-14(12)11-18-16(19)10-9-13-6-2-3-8-15(13)17/h2-3,6,8,12,14H,4-5,7,9-11,17H2,1H3,(H,18,19). The molecular weight excluding hydrogens is 236 g/mol. The van der Waals surface area contributed by atoms with E-state index in [0.717, 1.165) is 30.1 Å². The summed E-state index contributed by atoms with van der Waals surface area (Å²) in [6.45, 7) is 3.12. The highest BCUT2D eigenvalue weighted by Crippen LogP contribution is 2.30. The molecule has 3 heteroatoms. The van der Waals surface area contributed by atoms with E-state index in [1.54, 1.807) is 0 Å². The number of nitrogen functional groups attached to an aromatic ring is 1. The summed E-state index contributed by atoms with van der Waals surface area (Å²) in [5.74, 6) is 1.57. The Morgan fingerprint density at radius 2 is 2.16 bits per heavy atom. The lowest BCUT2D eigenvalue weighted by molar-refractivity contribution is -0.121. The first-order chi connectivity index (χ1) is 9.16. The number of hydrogen-bond donors (Lipinski definition) is 2. The second-order valence-electron chi connectivity index (χ2n) is 5.67. The van der Waals surface area contributed by atoms with E-state index in [0.29, 0.717) is 12.3 Å². The first kappa shape index (κ1) is 13.9. The summed E-state index contributed by atoms with van der Waals surface area (Å²) < 4.78 is 0. The number of benzene rings is 1. The van der Waals surface area contributed by atoms with Crippen molar-refractivity contribution in [2.24, 2.45) is 11.8 Å². The Labute approximate surface area is 115 Å². The van der Waals surface area contributed by atoms with Gasteiger partial charge in [-0.15, -0.1) is 0 Å². The van der Waals surface area contributed by atoms with Crippen LogP contribution in [0.15, 0.2) is 24.3 Å². The van der Waals surface area contributed by atoms with Gasteiger partial charge in [-0.25, -0.2) is 0 Å². The van der Waals surface area contributed by atoms with Crippen LogP contribution in [0.4, 0.5) is 5.69 Å². The molecule has 1 aliphatic rings. The molecule has 2 atom stereocenters. The normalized spacial score (nSPS) is 22.4. The molecule has 1 aromatic carbocycles. The monoisotopic (exact) mass is 260 g/mol. The summed E-state index contributed by atoms with van der Waals surface area (Å²) in [6, 6.07) is 7.75. The Kier molecular flexibility index (Phi) is 4.83. The van der Waals surface area contributed by atoms with Gasteiger partial charge in [-0.3, -0.25) is 4.79 Å². The van der Waals surface area contributed by atoms with Crippen molar-refractivity contribution in [3.8, 4) is 0 Å². The molecule has 1 fully saturated rings. The van der Waals surface area contributed by atoms with Gasteiger partial charge in [-0.1, -0.05) is 38.0 Å². The van der Waals surface area contributed by atoms with E-state index < -0.39 is 0 Å². The predicted molar refractivity (Wildman–Crippen MR) is 78.7 cm³/mol. The number of aryl methyl sites for hydroxylation is 1. The van der Waals surface area contributed by atoms with Gasteiger partial charge in [0, 0.05) is 18.7 Å². The quantitative estimate of drug-likeness (QED) is 0.800. The Morgan fingerprint density at radius 3 is 2.84 bits per heavy atom. The molecule has 1 aromatic rings. The van der Waals surface area contributed by atoms with Crippen molar-refractivity contribution in [2.45, 2.75) is 39.0 Å². The zero-order valence-electron chi connectivity index (χ0n) is 11.7. The molecule has 0 aromatic heterocycles. The Hall–Kier alpha value is -1.51. The molecule has 19 heavy (non-hydrogen) atoms. The van der Waals surface area contributed by atoms with Crippen LogP contribution in [0.1, 0.15) is 38.2 Å². The Balaban J connectivity index is 1.71. The molecule has 0 heterocycles. The smallest absolute Gasteiger partial charge is 0.220 e. The third kappa shape index (κ3) is 3.98. The molecule has 1 amide bonds. The van der Waals surface area contributed by atoms with Crippen LogP contribution < -0.4 is 11.1 Å². The van der Waals surface area contributed by atoms with Crippen molar-refractivity contribution in [3.63, 3.8) is 0 Å². The fourth-order valence-electron chi connectivity index (χ4n) is 2.87. The number of hydrogen-bond acceptors (Lipinski definition) is 2. The van der Waals surface area contributed by atoms with Crippen LogP contribution >= 0.6 is 0 Å². The Bertz CT molecular complexity index is 431. The summed E-state index contributed by atoms with van der Waals surface area (Å²) in [7, 11) is 0. The number of nitrogens with two attached hydrogens (primary N) is 1. The third-order valence-electron chi connectivity index (χ3n) is 4.28. The average Bonchev–Trinajstić information content (AvgIpc) is 2.81. The molecule has 0 aliphatic heterocycles. The number of para-hydroxylation sites is 1. The zero-order chi connectivity index (χ0) is 13.7. The molecule has 0 spiro atoms. The number of carbonyl (C=O) groups is 1. The largest absolute Gasteiger partial charge is 0.399 e. The van der Waals surface area contributed by atoms with Crippen molar-refractivity contribution < 1.29 is 4.79 Å². The SMILES string of the molecule is CC1CCCC1CNC(=O)CCc1ccccc1N. The number of amides is 1. The first-order valence-corrected chi connectivity index (χ1v) is 7.27. The van der Waals surface area contributed by atoms with Crippen LogP contribution in [0.25, 0.3) is 0 Å². The molecule has 1 aliphatic carbocycles. The fraction of sp³-hybridized carbons (Fsp3) is 0.562. The number of carbonyl (C=O) groups excluding carboxylic acids is 1. The van der Waals surface area contributed by atoms with Gasteiger partial charge in [0.2, 0.25) is 5.91 Å². The van der Waals surface area contributed by atoms with Crippen molar-refractivity contribution in [1.82, 2.24) is 5.32 Å². The molecule has 0 radical (unpaired) electrons. The van der Waals surface area contributed by atoms with E-state index in [9.17, 15) is 4.79 Å².